The van der Waals surface area contributed by atoms with Crippen LogP contribution in [0.2, 0.25) is 0 Å². The molecule has 3 rings (SSSR count). The van der Waals surface area contributed by atoms with E-state index in [4.69, 9.17) is 9.72 Å². The molecule has 0 fully saturated rings. The van der Waals surface area contributed by atoms with Gasteiger partial charge in [-0.3, -0.25) is 4.21 Å². The van der Waals surface area contributed by atoms with Crippen LogP contribution in [0.1, 0.15) is 25.3 Å². The molecular weight excluding hydrogens is 452 g/mol. The maximum absolute atomic E-state index is 12.1. The minimum atomic E-state index is -1.05. The maximum Gasteiger partial charge on any atom is 0.118 e. The van der Waals surface area contributed by atoms with Crippen molar-refractivity contribution >= 4 is 22.6 Å². The number of aliphatic hydroxyl groups excluding tert-OH is 1. The Bertz CT molecular complexity index is 1110. The fraction of sp³-hybridized carbons (Fsp3) is 0.308. The number of ether oxygens (including phenoxy) is 1. The third kappa shape index (κ3) is 6.91. The largest absolute Gasteiger partial charge is 0.497 e. The molecule has 2 atom stereocenters. The Balaban J connectivity index is 1.93. The minimum absolute atomic E-state index is 0.235. The van der Waals surface area contributed by atoms with Crippen LogP contribution >= 0.6 is 11.8 Å². The molecule has 0 saturated carbocycles. The van der Waals surface area contributed by atoms with Crippen LogP contribution in [0.25, 0.3) is 22.4 Å². The number of pyridine rings is 1. The lowest BCUT2D eigenvalue weighted by atomic mass is 9.99. The predicted octanol–water partition coefficient (Wildman–Crippen LogP) is 5.30. The summed E-state index contributed by atoms with van der Waals surface area (Å²) in [5, 5.41) is 21.0. The molecule has 33 heavy (non-hydrogen) atoms. The number of rotatable bonds is 11. The van der Waals surface area contributed by atoms with Gasteiger partial charge in [0.2, 0.25) is 0 Å². The molecule has 0 bridgehead atoms. The first-order valence-electron chi connectivity index (χ1n) is 10.9. The zero-order valence-electron chi connectivity index (χ0n) is 18.9. The van der Waals surface area contributed by atoms with E-state index in [1.807, 2.05) is 60.7 Å². The fourth-order valence-electron chi connectivity index (χ4n) is 3.32. The molecule has 1 N–H and O–H groups in total. The van der Waals surface area contributed by atoms with Crippen LogP contribution in [-0.2, 0) is 10.8 Å². The molecule has 0 aliphatic rings. The fourth-order valence-corrected chi connectivity index (χ4v) is 5.72. The molecule has 0 spiro atoms. The van der Waals surface area contributed by atoms with Gasteiger partial charge in [0, 0.05) is 33.4 Å². The van der Waals surface area contributed by atoms with Crippen LogP contribution in [0.3, 0.4) is 0 Å². The van der Waals surface area contributed by atoms with E-state index in [9.17, 15) is 14.6 Å². The summed E-state index contributed by atoms with van der Waals surface area (Å²) in [4.78, 5) is 4.77. The number of hydrogen-bond acceptors (Lipinski definition) is 6. The third-order valence-corrected chi connectivity index (χ3v) is 7.71. The van der Waals surface area contributed by atoms with Crippen LogP contribution < -0.4 is 4.74 Å². The summed E-state index contributed by atoms with van der Waals surface area (Å²) < 4.78 is 17.4. The van der Waals surface area contributed by atoms with Gasteiger partial charge in [0.1, 0.15) is 16.8 Å². The molecular formula is C26H28N2O3S2. The van der Waals surface area contributed by atoms with Gasteiger partial charge in [-0.1, -0.05) is 43.7 Å². The molecule has 0 unspecified atom stereocenters. The van der Waals surface area contributed by atoms with Gasteiger partial charge < -0.3 is 9.84 Å². The molecule has 0 aliphatic heterocycles. The van der Waals surface area contributed by atoms with Gasteiger partial charge >= 0.3 is 0 Å². The second kappa shape index (κ2) is 12.5. The van der Waals surface area contributed by atoms with Crippen molar-refractivity contribution in [2.75, 3.05) is 24.4 Å². The normalized spacial score (nSPS) is 12.7. The molecule has 2 aromatic carbocycles. The van der Waals surface area contributed by atoms with E-state index in [2.05, 4.69) is 13.0 Å². The lowest BCUT2D eigenvalue weighted by Gasteiger charge is -2.14. The third-order valence-electron chi connectivity index (χ3n) is 5.08. The first kappa shape index (κ1) is 25.0. The first-order valence-corrected chi connectivity index (χ1v) is 13.3. The van der Waals surface area contributed by atoms with E-state index in [1.54, 1.807) is 7.11 Å². The Kier molecular flexibility index (Phi) is 9.49. The molecule has 0 amide bonds. The average Bonchev–Trinajstić information content (AvgIpc) is 2.86. The van der Waals surface area contributed by atoms with Crippen molar-refractivity contribution in [3.63, 3.8) is 0 Å². The van der Waals surface area contributed by atoms with Crippen molar-refractivity contribution in [3.05, 3.63) is 66.2 Å². The smallest absolute Gasteiger partial charge is 0.118 e. The van der Waals surface area contributed by atoms with Crippen molar-refractivity contribution in [1.82, 2.24) is 4.98 Å². The summed E-state index contributed by atoms with van der Waals surface area (Å²) in [5.74, 6) is 1.91. The molecule has 1 aromatic heterocycles. The second-order valence-corrected chi connectivity index (χ2v) is 10.2. The first-order chi connectivity index (χ1) is 16.0. The lowest BCUT2D eigenvalue weighted by molar-refractivity contribution is 0.224. The van der Waals surface area contributed by atoms with Crippen LogP contribution in [0.5, 0.6) is 5.75 Å². The lowest BCUT2D eigenvalue weighted by Crippen LogP contribution is -2.21. The molecule has 172 valence electrons. The number of nitrogens with zero attached hydrogens (tertiary/aromatic N) is 2. The summed E-state index contributed by atoms with van der Waals surface area (Å²) in [5.41, 5.74) is 3.83. The van der Waals surface area contributed by atoms with Crippen LogP contribution in [-0.4, -0.2) is 44.8 Å². The van der Waals surface area contributed by atoms with Crippen molar-refractivity contribution in [2.24, 2.45) is 0 Å². The number of nitriles is 1. The summed E-state index contributed by atoms with van der Waals surface area (Å²) >= 11 is 1.33. The SMILES string of the molecule is CCCC[S@@](=O)C[C@@H](O)CSc1nc(-c2ccc(OC)cc2)cc(-c2ccccc2)c1C#N. The number of aromatic nitrogens is 1. The highest BCUT2D eigenvalue weighted by Crippen LogP contribution is 2.34. The average molecular weight is 481 g/mol. The minimum Gasteiger partial charge on any atom is -0.497 e. The number of thioether (sulfide) groups is 1. The molecule has 0 radical (unpaired) electrons. The Labute approximate surface area is 202 Å². The van der Waals surface area contributed by atoms with E-state index in [1.165, 1.54) is 11.8 Å². The maximum atomic E-state index is 12.1. The summed E-state index contributed by atoms with van der Waals surface area (Å²) in [7, 11) is 0.576. The highest BCUT2D eigenvalue weighted by molar-refractivity contribution is 7.99. The molecule has 7 heteroatoms. The predicted molar refractivity (Wildman–Crippen MR) is 136 cm³/mol. The standard InChI is InChI=1S/C26H28N2O3S2/c1-3-4-14-33(30)18-21(29)17-32-26-24(16-27)23(19-8-6-5-7-9-19)15-25(28-26)20-10-12-22(31-2)13-11-20/h5-13,15,21,29H,3-4,14,17-18H2,1-2H3/t21-,33+/m0/s1. The Morgan fingerprint density at radius 2 is 1.88 bits per heavy atom. The summed E-state index contributed by atoms with van der Waals surface area (Å²) in [6, 6.07) is 21.6. The number of hydrogen-bond donors (Lipinski definition) is 1. The van der Waals surface area contributed by atoms with E-state index in [-0.39, 0.29) is 5.75 Å². The van der Waals surface area contributed by atoms with Crippen LogP contribution in [0, 0.1) is 11.3 Å². The van der Waals surface area contributed by atoms with Crippen molar-refractivity contribution in [1.29, 1.82) is 5.26 Å². The highest BCUT2D eigenvalue weighted by atomic mass is 32.2. The Morgan fingerprint density at radius 1 is 1.15 bits per heavy atom. The number of methoxy groups -OCH3 is 1. The zero-order valence-corrected chi connectivity index (χ0v) is 20.5. The molecule has 0 saturated heterocycles. The second-order valence-electron chi connectivity index (χ2n) is 7.57. The van der Waals surface area contributed by atoms with E-state index in [0.29, 0.717) is 22.1 Å². The van der Waals surface area contributed by atoms with Crippen molar-refractivity contribution in [3.8, 4) is 34.2 Å². The number of unbranched alkanes of at least 4 members (excludes halogenated alkanes) is 1. The van der Waals surface area contributed by atoms with Gasteiger partial charge in [0.25, 0.3) is 0 Å². The molecule has 3 aromatic rings. The van der Waals surface area contributed by atoms with Gasteiger partial charge in [-0.05, 0) is 42.3 Å². The van der Waals surface area contributed by atoms with Crippen LogP contribution in [0.15, 0.2) is 65.7 Å². The van der Waals surface area contributed by atoms with Gasteiger partial charge in [-0.2, -0.15) is 5.26 Å². The van der Waals surface area contributed by atoms with E-state index >= 15 is 0 Å². The number of aliphatic hydroxyl groups is 1. The molecule has 1 heterocycles. The number of benzene rings is 2. The zero-order chi connectivity index (χ0) is 23.6. The van der Waals surface area contributed by atoms with Crippen molar-refractivity contribution in [2.45, 2.75) is 30.9 Å². The summed E-state index contributed by atoms with van der Waals surface area (Å²) in [6.45, 7) is 2.05. The van der Waals surface area contributed by atoms with Gasteiger partial charge in [0.05, 0.1) is 30.2 Å². The molecule has 5 nitrogen and oxygen atoms in total. The van der Waals surface area contributed by atoms with E-state index < -0.39 is 16.9 Å². The highest BCUT2D eigenvalue weighted by Gasteiger charge is 2.18. The molecule has 0 aliphatic carbocycles. The van der Waals surface area contributed by atoms with Gasteiger partial charge in [-0.15, -0.1) is 11.8 Å². The Hall–Kier alpha value is -2.66. The quantitative estimate of drug-likeness (QED) is 0.375. The monoisotopic (exact) mass is 480 g/mol. The van der Waals surface area contributed by atoms with Gasteiger partial charge in [0.15, 0.2) is 0 Å². The van der Waals surface area contributed by atoms with Crippen molar-refractivity contribution < 1.29 is 14.1 Å². The topological polar surface area (TPSA) is 83.2 Å². The van der Waals surface area contributed by atoms with Crippen LogP contribution in [0.4, 0.5) is 0 Å². The van der Waals surface area contributed by atoms with E-state index in [0.717, 1.165) is 41.0 Å². The Morgan fingerprint density at radius 3 is 2.52 bits per heavy atom. The van der Waals surface area contributed by atoms with Gasteiger partial charge in [-0.25, -0.2) is 4.98 Å². The summed E-state index contributed by atoms with van der Waals surface area (Å²) in [6.07, 6.45) is 1.13.